The van der Waals surface area contributed by atoms with Crippen molar-refractivity contribution in [1.29, 1.82) is 0 Å². The van der Waals surface area contributed by atoms with Crippen molar-refractivity contribution in [3.05, 3.63) is 71.6 Å². The summed E-state index contributed by atoms with van der Waals surface area (Å²) < 4.78 is 101. The first-order chi connectivity index (χ1) is 44.1. The quantitative estimate of drug-likeness (QED) is 0.0400. The topological polar surface area (TPSA) is 310 Å². The maximum atomic E-state index is 14.1. The maximum Gasteiger partial charge on any atom is 0.315 e. The number of benzene rings is 2. The number of aromatic nitrogens is 3. The highest BCUT2D eigenvalue weighted by Crippen LogP contribution is 2.33. The fraction of sp³-hybridized carbons (Fsp3) is 0.689. The number of amides is 4. The normalized spacial score (nSPS) is 15.6. The molecule has 0 unspecified atom stereocenters. The highest BCUT2D eigenvalue weighted by Gasteiger charge is 2.42. The molecule has 29 heteroatoms. The molecule has 3 heterocycles. The number of nitrogens with one attached hydrogen (secondary N) is 4. The summed E-state index contributed by atoms with van der Waals surface area (Å²) in [7, 11) is 0. The number of carbonyl (C=O) groups is 5. The minimum absolute atomic E-state index is 0.00414. The van der Waals surface area contributed by atoms with Gasteiger partial charge in [0.25, 0.3) is 5.91 Å². The first-order valence-electron chi connectivity index (χ1n) is 31.1. The van der Waals surface area contributed by atoms with Gasteiger partial charge in [-0.05, 0) is 69.0 Å². The van der Waals surface area contributed by atoms with Gasteiger partial charge in [0.15, 0.2) is 23.2 Å². The van der Waals surface area contributed by atoms with Crippen LogP contribution in [0.25, 0.3) is 5.69 Å². The number of unbranched alkanes of at least 4 members (excludes halogenated alkanes) is 2. The van der Waals surface area contributed by atoms with E-state index in [9.17, 15) is 32.8 Å². The molecule has 506 valence electrons. The van der Waals surface area contributed by atoms with Gasteiger partial charge in [0.1, 0.15) is 12.4 Å². The van der Waals surface area contributed by atoms with E-state index in [1.165, 1.54) is 10.7 Å². The summed E-state index contributed by atoms with van der Waals surface area (Å²) in [4.78, 5) is 62.6. The lowest BCUT2D eigenvalue weighted by atomic mass is 10.0. The molecule has 2 fully saturated rings. The van der Waals surface area contributed by atoms with E-state index in [0.717, 1.165) is 37.1 Å². The zero-order valence-electron chi connectivity index (χ0n) is 51.7. The number of carbonyl (C=O) groups excluding carboxylic acids is 5. The summed E-state index contributed by atoms with van der Waals surface area (Å²) in [6.45, 7) is 10.5. The van der Waals surface area contributed by atoms with E-state index in [-0.39, 0.29) is 61.2 Å². The van der Waals surface area contributed by atoms with E-state index >= 15 is 0 Å². The molecule has 26 nitrogen and oxygen atoms in total. The number of hydrogen-bond acceptors (Lipinski definition) is 22. The molecule has 0 aliphatic carbocycles. The standard InChI is InChI=1S/C61H94F2N8O18S/c62-51-9-6-10-52(63)59(51)89-45-55(73)53(11-3-4-17-64)66-60(75)47-7-5-8-49(43-47)71-44-48(69-70-71)14-15-50(72)16-19-77-21-23-79-25-27-81-29-31-83-33-35-85-37-39-87-41-42-88-40-38-86-36-34-84-32-30-82-28-26-80-24-22-78-20-18-65-57(74)13-2-1-12-56-58-54(46-90-56)67-61(76)68-58/h5-10,43-44,53-54,56,58H,1-4,11-42,45-46,64H2,(H,65,74)(H,66,75)(H2,67,68,76)/t53-,54-,56-,58-/m0/s1. The molecule has 0 spiro atoms. The van der Waals surface area contributed by atoms with Gasteiger partial charge in [-0.15, -0.1) is 5.10 Å². The molecule has 0 saturated carbocycles. The summed E-state index contributed by atoms with van der Waals surface area (Å²) in [5, 5.41) is 20.3. The summed E-state index contributed by atoms with van der Waals surface area (Å²) in [6, 6.07) is 9.14. The van der Waals surface area contributed by atoms with Crippen LogP contribution in [-0.4, -0.2) is 252 Å². The van der Waals surface area contributed by atoms with Gasteiger partial charge in [0, 0.05) is 48.8 Å². The fourth-order valence-electron chi connectivity index (χ4n) is 8.97. The average molecular weight is 1300 g/mol. The molecule has 5 rings (SSSR count). The van der Waals surface area contributed by atoms with Crippen molar-refractivity contribution in [2.45, 2.75) is 87.6 Å². The van der Waals surface area contributed by atoms with Crippen molar-refractivity contribution in [2.75, 3.05) is 184 Å². The number of ketones is 2. The smallest absolute Gasteiger partial charge is 0.315 e. The Balaban J connectivity index is 0.696. The van der Waals surface area contributed by atoms with Gasteiger partial charge in [-0.25, -0.2) is 18.3 Å². The third kappa shape index (κ3) is 33.3. The van der Waals surface area contributed by atoms with Crippen molar-refractivity contribution < 1.29 is 94.3 Å². The van der Waals surface area contributed by atoms with E-state index in [4.69, 9.17) is 67.3 Å². The number of urea groups is 1. The molecule has 2 saturated heterocycles. The highest BCUT2D eigenvalue weighted by molar-refractivity contribution is 8.00. The molecule has 2 aromatic carbocycles. The molecule has 0 radical (unpaired) electrons. The van der Waals surface area contributed by atoms with Crippen LogP contribution in [0.15, 0.2) is 48.7 Å². The number of ether oxygens (including phenoxy) is 13. The molecule has 2 aliphatic rings. The zero-order chi connectivity index (χ0) is 63.9. The van der Waals surface area contributed by atoms with Gasteiger partial charge in [-0.1, -0.05) is 23.8 Å². The Labute approximate surface area is 530 Å². The summed E-state index contributed by atoms with van der Waals surface area (Å²) in [6.07, 6.45) is 7.16. The lowest BCUT2D eigenvalue weighted by Gasteiger charge is -2.18. The monoisotopic (exact) mass is 1300 g/mol. The molecule has 2 aliphatic heterocycles. The Morgan fingerprint density at radius 1 is 0.633 bits per heavy atom. The largest absolute Gasteiger partial charge is 0.480 e. The van der Waals surface area contributed by atoms with E-state index in [0.29, 0.717) is 207 Å². The number of nitrogens with zero attached hydrogens (tertiary/aromatic N) is 3. The van der Waals surface area contributed by atoms with Gasteiger partial charge >= 0.3 is 6.03 Å². The predicted molar refractivity (Wildman–Crippen MR) is 327 cm³/mol. The van der Waals surface area contributed by atoms with Gasteiger partial charge in [0.2, 0.25) is 5.91 Å². The third-order valence-electron chi connectivity index (χ3n) is 13.8. The van der Waals surface area contributed by atoms with Crippen LogP contribution < -0.4 is 31.7 Å². The second kappa shape index (κ2) is 48.4. The van der Waals surface area contributed by atoms with Crippen molar-refractivity contribution in [3.8, 4) is 11.4 Å². The van der Waals surface area contributed by atoms with E-state index in [1.807, 2.05) is 11.8 Å². The Kier molecular flexibility index (Phi) is 40.5. The molecule has 0 bridgehead atoms. The van der Waals surface area contributed by atoms with Crippen LogP contribution in [0.5, 0.6) is 5.75 Å². The molecule has 4 amide bonds. The highest BCUT2D eigenvalue weighted by atomic mass is 32.2. The number of Topliss-reactive ketones (excluding diaryl/α,β-unsaturated/α-hetero) is 2. The Hall–Kier alpha value is -5.38. The number of rotatable bonds is 58. The molecule has 3 aromatic rings. The fourth-order valence-corrected chi connectivity index (χ4v) is 10.5. The summed E-state index contributed by atoms with van der Waals surface area (Å²) in [5.74, 6) is -2.68. The first-order valence-corrected chi connectivity index (χ1v) is 32.2. The maximum absolute atomic E-state index is 14.1. The number of hydrogen-bond donors (Lipinski definition) is 5. The number of para-hydroxylation sites is 1. The van der Waals surface area contributed by atoms with Crippen LogP contribution in [0.4, 0.5) is 13.6 Å². The lowest BCUT2D eigenvalue weighted by Crippen LogP contribution is -2.43. The predicted octanol–water partition coefficient (Wildman–Crippen LogP) is 3.35. The minimum atomic E-state index is -0.990. The first kappa shape index (κ1) is 75.3. The van der Waals surface area contributed by atoms with Gasteiger partial charge in [-0.2, -0.15) is 11.8 Å². The molecular weight excluding hydrogens is 1200 g/mol. The third-order valence-corrected chi connectivity index (χ3v) is 15.3. The van der Waals surface area contributed by atoms with E-state index in [2.05, 4.69) is 31.6 Å². The van der Waals surface area contributed by atoms with Crippen molar-refractivity contribution in [2.24, 2.45) is 5.73 Å². The van der Waals surface area contributed by atoms with Crippen LogP contribution in [0.3, 0.4) is 0 Å². The van der Waals surface area contributed by atoms with Crippen molar-refractivity contribution in [3.63, 3.8) is 0 Å². The van der Waals surface area contributed by atoms with Gasteiger partial charge in [0.05, 0.1) is 194 Å². The van der Waals surface area contributed by atoms with E-state index in [1.54, 1.807) is 30.5 Å². The van der Waals surface area contributed by atoms with Crippen LogP contribution in [-0.2, 0) is 77.6 Å². The minimum Gasteiger partial charge on any atom is -0.480 e. The zero-order valence-corrected chi connectivity index (χ0v) is 52.5. The number of thioether (sulfide) groups is 1. The number of nitrogens with two attached hydrogens (primary N) is 1. The second-order valence-electron chi connectivity index (χ2n) is 20.7. The van der Waals surface area contributed by atoms with E-state index < -0.39 is 41.7 Å². The molecule has 6 N–H and O–H groups in total. The summed E-state index contributed by atoms with van der Waals surface area (Å²) >= 11 is 1.89. The number of aryl methyl sites for hydroxylation is 1. The van der Waals surface area contributed by atoms with Crippen molar-refractivity contribution in [1.82, 2.24) is 36.3 Å². The summed E-state index contributed by atoms with van der Waals surface area (Å²) in [5.41, 5.74) is 6.97. The Bertz CT molecular complexity index is 2440. The molecule has 90 heavy (non-hydrogen) atoms. The molecule has 4 atom stereocenters. The van der Waals surface area contributed by atoms with Gasteiger partial charge < -0.3 is 88.6 Å². The number of fused-ring (bicyclic) bond motifs is 1. The Morgan fingerprint density at radius 2 is 1.16 bits per heavy atom. The van der Waals surface area contributed by atoms with Gasteiger partial charge in [-0.3, -0.25) is 19.2 Å². The average Bonchev–Trinajstić information content (AvgIpc) is 2.04. The second-order valence-corrected chi connectivity index (χ2v) is 21.9. The molecular formula is C61H94F2N8O18S. The lowest BCUT2D eigenvalue weighted by molar-refractivity contribution is -0.123. The SMILES string of the molecule is NCCCC[C@H](NC(=O)c1cccc(-n2cc(CCC(=O)CCOCCOCCOCCOCCOCCOCCOCCOCCOCCOCCOCCOCCNC(=O)CCCC[C@@H]3SC[C@@H]4NC(=O)N[C@@H]43)nn2)c1)C(=O)COc1c(F)cccc1F. The van der Waals surface area contributed by atoms with Crippen LogP contribution in [0.1, 0.15) is 73.8 Å². The number of halogens is 2. The van der Waals surface area contributed by atoms with Crippen LogP contribution >= 0.6 is 11.8 Å². The van der Waals surface area contributed by atoms with Crippen molar-refractivity contribution >= 4 is 41.2 Å². The van der Waals surface area contributed by atoms with Crippen LogP contribution in [0.2, 0.25) is 0 Å². The van der Waals surface area contributed by atoms with Crippen LogP contribution in [0, 0.1) is 11.6 Å². The Morgan fingerprint density at radius 3 is 1.70 bits per heavy atom. The molecule has 1 aromatic heterocycles.